The van der Waals surface area contributed by atoms with Crippen molar-refractivity contribution in [2.75, 3.05) is 6.61 Å². The molecule has 6 heteroatoms. The number of nitrogens with one attached hydrogen (secondary N) is 1. The van der Waals surface area contributed by atoms with Gasteiger partial charge in [-0.05, 0) is 43.3 Å². The lowest BCUT2D eigenvalue weighted by Crippen LogP contribution is -2.25. The molecule has 0 aliphatic rings. The fourth-order valence-electron chi connectivity index (χ4n) is 2.30. The minimum Gasteiger partial charge on any atom is -0.494 e. The molecule has 3 aromatic rings. The zero-order chi connectivity index (χ0) is 17.5. The van der Waals surface area contributed by atoms with Gasteiger partial charge in [-0.3, -0.25) is 9.78 Å². The molecule has 0 saturated carbocycles. The van der Waals surface area contributed by atoms with Crippen molar-refractivity contribution in [2.24, 2.45) is 0 Å². The Hall–Kier alpha value is -2.73. The van der Waals surface area contributed by atoms with Crippen molar-refractivity contribution in [3.05, 3.63) is 65.4 Å². The molecule has 0 fully saturated rings. The summed E-state index contributed by atoms with van der Waals surface area (Å²) in [5.74, 6) is 0.783. The van der Waals surface area contributed by atoms with E-state index in [0.717, 1.165) is 27.7 Å². The van der Waals surface area contributed by atoms with Crippen LogP contribution in [-0.2, 0) is 17.8 Å². The van der Waals surface area contributed by atoms with Gasteiger partial charge in [-0.2, -0.15) is 0 Å². The van der Waals surface area contributed by atoms with E-state index in [-0.39, 0.29) is 12.3 Å². The van der Waals surface area contributed by atoms with Crippen LogP contribution in [0.15, 0.2) is 54.0 Å². The van der Waals surface area contributed by atoms with E-state index in [9.17, 15) is 4.79 Å². The number of ether oxygens (including phenoxy) is 1. The first-order chi connectivity index (χ1) is 12.2. The third kappa shape index (κ3) is 4.87. The van der Waals surface area contributed by atoms with Crippen molar-refractivity contribution in [1.82, 2.24) is 15.3 Å². The first-order valence-corrected chi connectivity index (χ1v) is 8.97. The van der Waals surface area contributed by atoms with Crippen LogP contribution in [0.1, 0.15) is 18.3 Å². The van der Waals surface area contributed by atoms with Crippen molar-refractivity contribution in [1.29, 1.82) is 0 Å². The van der Waals surface area contributed by atoms with Crippen LogP contribution in [0.4, 0.5) is 0 Å². The van der Waals surface area contributed by atoms with Gasteiger partial charge in [0.15, 0.2) is 0 Å². The zero-order valence-corrected chi connectivity index (χ0v) is 14.8. The van der Waals surface area contributed by atoms with Gasteiger partial charge < -0.3 is 10.1 Å². The molecule has 1 aromatic carbocycles. The summed E-state index contributed by atoms with van der Waals surface area (Å²) in [6.07, 6.45) is 1.98. The van der Waals surface area contributed by atoms with Crippen molar-refractivity contribution >= 4 is 17.2 Å². The SMILES string of the molecule is CCOc1ccc(-c2nc(CC(=O)NCc3ccccn3)cs2)cc1. The van der Waals surface area contributed by atoms with Crippen LogP contribution < -0.4 is 10.1 Å². The standard InChI is InChI=1S/C19H19N3O2S/c1-2-24-17-8-6-14(7-9-17)19-22-16(13-25-19)11-18(23)21-12-15-5-3-4-10-20-15/h3-10,13H,2,11-12H2,1H3,(H,21,23). The van der Waals surface area contributed by atoms with Crippen molar-refractivity contribution in [3.8, 4) is 16.3 Å². The number of aromatic nitrogens is 2. The zero-order valence-electron chi connectivity index (χ0n) is 13.9. The molecule has 0 saturated heterocycles. The number of benzene rings is 1. The third-order valence-electron chi connectivity index (χ3n) is 3.50. The highest BCUT2D eigenvalue weighted by Crippen LogP contribution is 2.26. The van der Waals surface area contributed by atoms with Gasteiger partial charge in [0.25, 0.3) is 0 Å². The van der Waals surface area contributed by atoms with Gasteiger partial charge in [0.05, 0.1) is 31.0 Å². The quantitative estimate of drug-likeness (QED) is 0.706. The van der Waals surface area contributed by atoms with Gasteiger partial charge in [0.1, 0.15) is 10.8 Å². The van der Waals surface area contributed by atoms with Gasteiger partial charge in [-0.15, -0.1) is 11.3 Å². The molecule has 2 aromatic heterocycles. The maximum atomic E-state index is 12.1. The lowest BCUT2D eigenvalue weighted by atomic mass is 10.2. The van der Waals surface area contributed by atoms with E-state index in [1.165, 1.54) is 11.3 Å². The molecule has 0 radical (unpaired) electrons. The fraction of sp³-hybridized carbons (Fsp3) is 0.211. The molecule has 0 bridgehead atoms. The Morgan fingerprint density at radius 2 is 2.00 bits per heavy atom. The molecule has 0 atom stereocenters. The Labute approximate surface area is 150 Å². The van der Waals surface area contributed by atoms with Crippen molar-refractivity contribution in [2.45, 2.75) is 19.9 Å². The summed E-state index contributed by atoms with van der Waals surface area (Å²) in [5, 5.41) is 5.69. The van der Waals surface area contributed by atoms with Gasteiger partial charge >= 0.3 is 0 Å². The van der Waals surface area contributed by atoms with Gasteiger partial charge in [0, 0.05) is 17.1 Å². The van der Waals surface area contributed by atoms with E-state index in [4.69, 9.17) is 4.74 Å². The minimum absolute atomic E-state index is 0.0609. The summed E-state index contributed by atoms with van der Waals surface area (Å²) in [5.41, 5.74) is 2.63. The highest BCUT2D eigenvalue weighted by Gasteiger charge is 2.09. The topological polar surface area (TPSA) is 64.1 Å². The molecule has 2 heterocycles. The fourth-order valence-corrected chi connectivity index (χ4v) is 3.13. The Morgan fingerprint density at radius 3 is 2.72 bits per heavy atom. The highest BCUT2D eigenvalue weighted by atomic mass is 32.1. The van der Waals surface area contributed by atoms with E-state index in [2.05, 4.69) is 15.3 Å². The number of hydrogen-bond acceptors (Lipinski definition) is 5. The average Bonchev–Trinajstić information content (AvgIpc) is 3.10. The third-order valence-corrected chi connectivity index (χ3v) is 4.44. The van der Waals surface area contributed by atoms with Crippen LogP contribution in [0, 0.1) is 0 Å². The Kier molecular flexibility index (Phi) is 5.74. The van der Waals surface area contributed by atoms with Gasteiger partial charge in [0.2, 0.25) is 5.91 Å². The molecular formula is C19H19N3O2S. The highest BCUT2D eigenvalue weighted by molar-refractivity contribution is 7.13. The maximum absolute atomic E-state index is 12.1. The largest absolute Gasteiger partial charge is 0.494 e. The van der Waals surface area contributed by atoms with E-state index in [1.54, 1.807) is 6.20 Å². The van der Waals surface area contributed by atoms with E-state index in [1.807, 2.05) is 54.8 Å². The second-order valence-corrected chi connectivity index (χ2v) is 6.23. The molecular weight excluding hydrogens is 334 g/mol. The number of pyridine rings is 1. The number of carbonyl (C=O) groups is 1. The van der Waals surface area contributed by atoms with Crippen LogP contribution in [0.5, 0.6) is 5.75 Å². The van der Waals surface area contributed by atoms with Crippen LogP contribution >= 0.6 is 11.3 Å². The lowest BCUT2D eigenvalue weighted by molar-refractivity contribution is -0.120. The predicted octanol–water partition coefficient (Wildman–Crippen LogP) is 3.46. The first-order valence-electron chi connectivity index (χ1n) is 8.09. The minimum atomic E-state index is -0.0609. The lowest BCUT2D eigenvalue weighted by Gasteiger charge is -2.03. The summed E-state index contributed by atoms with van der Waals surface area (Å²) in [6, 6.07) is 13.5. The Balaban J connectivity index is 1.56. The number of hydrogen-bond donors (Lipinski definition) is 1. The summed E-state index contributed by atoms with van der Waals surface area (Å²) >= 11 is 1.53. The maximum Gasteiger partial charge on any atom is 0.226 e. The van der Waals surface area contributed by atoms with Gasteiger partial charge in [-0.25, -0.2) is 4.98 Å². The van der Waals surface area contributed by atoms with Gasteiger partial charge in [-0.1, -0.05) is 6.07 Å². The van der Waals surface area contributed by atoms with Crippen LogP contribution in [-0.4, -0.2) is 22.5 Å². The molecule has 1 N–H and O–H groups in total. The number of rotatable bonds is 7. The van der Waals surface area contributed by atoms with Crippen LogP contribution in [0.25, 0.3) is 10.6 Å². The second kappa shape index (κ2) is 8.39. The summed E-state index contributed by atoms with van der Waals surface area (Å²) in [7, 11) is 0. The normalized spacial score (nSPS) is 10.4. The molecule has 5 nitrogen and oxygen atoms in total. The number of carbonyl (C=O) groups excluding carboxylic acids is 1. The smallest absolute Gasteiger partial charge is 0.226 e. The number of nitrogens with zero attached hydrogens (tertiary/aromatic N) is 2. The van der Waals surface area contributed by atoms with Crippen molar-refractivity contribution < 1.29 is 9.53 Å². The molecule has 0 spiro atoms. The first kappa shape index (κ1) is 17.1. The summed E-state index contributed by atoms with van der Waals surface area (Å²) < 4.78 is 5.44. The predicted molar refractivity (Wildman–Crippen MR) is 98.5 cm³/mol. The van der Waals surface area contributed by atoms with Crippen LogP contribution in [0.2, 0.25) is 0 Å². The van der Waals surface area contributed by atoms with E-state index < -0.39 is 0 Å². The number of thiazole rings is 1. The monoisotopic (exact) mass is 353 g/mol. The molecule has 1 amide bonds. The molecule has 25 heavy (non-hydrogen) atoms. The number of amides is 1. The molecule has 0 aliphatic carbocycles. The molecule has 3 rings (SSSR count). The van der Waals surface area contributed by atoms with E-state index in [0.29, 0.717) is 13.2 Å². The molecule has 0 unspecified atom stereocenters. The van der Waals surface area contributed by atoms with Crippen LogP contribution in [0.3, 0.4) is 0 Å². The van der Waals surface area contributed by atoms with E-state index >= 15 is 0 Å². The molecule has 0 aliphatic heterocycles. The Bertz CT molecular complexity index is 816. The average molecular weight is 353 g/mol. The summed E-state index contributed by atoms with van der Waals surface area (Å²) in [6.45, 7) is 3.03. The van der Waals surface area contributed by atoms with Crippen molar-refractivity contribution in [3.63, 3.8) is 0 Å². The Morgan fingerprint density at radius 1 is 1.16 bits per heavy atom. The molecule has 128 valence electrons. The second-order valence-electron chi connectivity index (χ2n) is 5.38. The summed E-state index contributed by atoms with van der Waals surface area (Å²) in [4.78, 5) is 20.8.